The van der Waals surface area contributed by atoms with Gasteiger partial charge in [-0.1, -0.05) is 13.8 Å². The van der Waals surface area contributed by atoms with Gasteiger partial charge in [-0.2, -0.15) is 0 Å². The maximum atomic E-state index is 9.56. The first-order chi connectivity index (χ1) is 7.48. The second kappa shape index (κ2) is 5.07. The van der Waals surface area contributed by atoms with Gasteiger partial charge in [-0.05, 0) is 12.1 Å². The molecule has 0 aliphatic carbocycles. The van der Waals surface area contributed by atoms with Gasteiger partial charge in [-0.3, -0.25) is 0 Å². The summed E-state index contributed by atoms with van der Waals surface area (Å²) in [6.07, 6.45) is 0. The lowest BCUT2D eigenvalue weighted by Gasteiger charge is -2.22. The molecule has 1 aromatic carbocycles. The number of hydrogen-bond acceptors (Lipinski definition) is 4. The Hall–Kier alpha value is -1.42. The fraction of sp³-hybridized carbons (Fsp3) is 0.500. The van der Waals surface area contributed by atoms with Gasteiger partial charge in [0.15, 0.2) is 11.5 Å². The molecule has 0 aliphatic rings. The van der Waals surface area contributed by atoms with Gasteiger partial charge in [0.1, 0.15) is 0 Å². The Morgan fingerprint density at radius 2 is 2.06 bits per heavy atom. The largest absolute Gasteiger partial charge is 0.504 e. The number of phenols is 1. The molecule has 90 valence electrons. The molecule has 16 heavy (non-hydrogen) atoms. The van der Waals surface area contributed by atoms with Crippen molar-refractivity contribution in [2.45, 2.75) is 13.8 Å². The molecular weight excluding hydrogens is 206 g/mol. The number of aliphatic hydroxyl groups is 1. The Labute approximate surface area is 95.9 Å². The minimum absolute atomic E-state index is 0.106. The van der Waals surface area contributed by atoms with Crippen molar-refractivity contribution in [3.63, 3.8) is 0 Å². The highest BCUT2D eigenvalue weighted by molar-refractivity contribution is 5.54. The SMILES string of the molecule is COc1ccc(NCC(C)(C)CO)cc1O. The molecule has 1 rings (SSSR count). The first-order valence-corrected chi connectivity index (χ1v) is 5.20. The molecule has 0 aliphatic heterocycles. The van der Waals surface area contributed by atoms with Gasteiger partial charge in [0.2, 0.25) is 0 Å². The van der Waals surface area contributed by atoms with Crippen molar-refractivity contribution >= 4 is 5.69 Å². The molecule has 0 radical (unpaired) electrons. The summed E-state index contributed by atoms with van der Waals surface area (Å²) in [5.74, 6) is 0.557. The van der Waals surface area contributed by atoms with Crippen LogP contribution in [0.2, 0.25) is 0 Å². The molecular formula is C12H19NO3. The molecule has 0 saturated heterocycles. The fourth-order valence-electron chi connectivity index (χ4n) is 1.20. The summed E-state index contributed by atoms with van der Waals surface area (Å²) >= 11 is 0. The van der Waals surface area contributed by atoms with Crippen LogP contribution >= 0.6 is 0 Å². The van der Waals surface area contributed by atoms with Crippen molar-refractivity contribution in [1.82, 2.24) is 0 Å². The van der Waals surface area contributed by atoms with Gasteiger partial charge in [0.05, 0.1) is 7.11 Å². The summed E-state index contributed by atoms with van der Waals surface area (Å²) in [6, 6.07) is 5.13. The zero-order valence-electron chi connectivity index (χ0n) is 9.95. The molecule has 4 nitrogen and oxygen atoms in total. The minimum atomic E-state index is -0.185. The second-order valence-electron chi connectivity index (χ2n) is 4.56. The molecule has 0 spiro atoms. The smallest absolute Gasteiger partial charge is 0.160 e. The summed E-state index contributed by atoms with van der Waals surface area (Å²) in [5, 5.41) is 21.8. The lowest BCUT2D eigenvalue weighted by molar-refractivity contribution is 0.171. The topological polar surface area (TPSA) is 61.7 Å². The maximum Gasteiger partial charge on any atom is 0.160 e. The van der Waals surface area contributed by atoms with Crippen LogP contribution in [0.5, 0.6) is 11.5 Å². The molecule has 0 fully saturated rings. The fourth-order valence-corrected chi connectivity index (χ4v) is 1.20. The van der Waals surface area contributed by atoms with E-state index in [2.05, 4.69) is 5.32 Å². The van der Waals surface area contributed by atoms with Gasteiger partial charge in [0, 0.05) is 30.3 Å². The third kappa shape index (κ3) is 3.31. The number of methoxy groups -OCH3 is 1. The Kier molecular flexibility index (Phi) is 4.01. The Morgan fingerprint density at radius 1 is 1.38 bits per heavy atom. The number of benzene rings is 1. The zero-order valence-corrected chi connectivity index (χ0v) is 9.95. The number of phenolic OH excluding ortho intramolecular Hbond substituents is 1. The standard InChI is InChI=1S/C12H19NO3/c1-12(2,8-14)7-13-9-4-5-11(16-3)10(15)6-9/h4-6,13-15H,7-8H2,1-3H3. The first kappa shape index (κ1) is 12.6. The molecule has 3 N–H and O–H groups in total. The third-order valence-electron chi connectivity index (χ3n) is 2.38. The predicted molar refractivity (Wildman–Crippen MR) is 64.0 cm³/mol. The highest BCUT2D eigenvalue weighted by Gasteiger charge is 2.16. The highest BCUT2D eigenvalue weighted by Crippen LogP contribution is 2.29. The van der Waals surface area contributed by atoms with Crippen molar-refractivity contribution in [3.8, 4) is 11.5 Å². The van der Waals surface area contributed by atoms with Crippen molar-refractivity contribution in [2.24, 2.45) is 5.41 Å². The number of aromatic hydroxyl groups is 1. The van der Waals surface area contributed by atoms with Crippen LogP contribution in [0.4, 0.5) is 5.69 Å². The lowest BCUT2D eigenvalue weighted by atomic mass is 9.95. The average molecular weight is 225 g/mol. The van der Waals surface area contributed by atoms with Gasteiger partial charge >= 0.3 is 0 Å². The third-order valence-corrected chi connectivity index (χ3v) is 2.38. The molecule has 0 aromatic heterocycles. The van der Waals surface area contributed by atoms with Crippen LogP contribution in [0.25, 0.3) is 0 Å². The van der Waals surface area contributed by atoms with E-state index in [1.807, 2.05) is 19.9 Å². The summed E-state index contributed by atoms with van der Waals surface area (Å²) in [5.41, 5.74) is 0.620. The van der Waals surface area contributed by atoms with E-state index in [-0.39, 0.29) is 17.8 Å². The zero-order chi connectivity index (χ0) is 12.2. The molecule has 4 heteroatoms. The number of aliphatic hydroxyl groups excluding tert-OH is 1. The van der Waals surface area contributed by atoms with E-state index in [0.717, 1.165) is 5.69 Å². The summed E-state index contributed by atoms with van der Waals surface area (Å²) in [6.45, 7) is 4.67. The summed E-state index contributed by atoms with van der Waals surface area (Å²) in [4.78, 5) is 0. The van der Waals surface area contributed by atoms with Crippen molar-refractivity contribution < 1.29 is 14.9 Å². The minimum Gasteiger partial charge on any atom is -0.504 e. The van der Waals surface area contributed by atoms with Gasteiger partial charge < -0.3 is 20.3 Å². The van der Waals surface area contributed by atoms with Crippen LogP contribution in [0.15, 0.2) is 18.2 Å². The van der Waals surface area contributed by atoms with E-state index in [9.17, 15) is 5.11 Å². The summed E-state index contributed by atoms with van der Waals surface area (Å²) < 4.78 is 4.95. The van der Waals surface area contributed by atoms with Crippen molar-refractivity contribution in [1.29, 1.82) is 0 Å². The van der Waals surface area contributed by atoms with Crippen molar-refractivity contribution in [2.75, 3.05) is 25.6 Å². The monoisotopic (exact) mass is 225 g/mol. The molecule has 1 aromatic rings. The van der Waals surface area contributed by atoms with E-state index >= 15 is 0 Å². The van der Waals surface area contributed by atoms with Crippen LogP contribution < -0.4 is 10.1 Å². The quantitative estimate of drug-likeness (QED) is 0.715. The van der Waals surface area contributed by atoms with E-state index < -0.39 is 0 Å². The van der Waals surface area contributed by atoms with Crippen LogP contribution in [-0.4, -0.2) is 30.5 Å². The van der Waals surface area contributed by atoms with Crippen LogP contribution in [0.3, 0.4) is 0 Å². The van der Waals surface area contributed by atoms with Gasteiger partial charge in [0.25, 0.3) is 0 Å². The van der Waals surface area contributed by atoms with Crippen LogP contribution in [-0.2, 0) is 0 Å². The molecule has 0 saturated carbocycles. The predicted octanol–water partition coefficient (Wildman–Crippen LogP) is 1.83. The average Bonchev–Trinajstić information content (AvgIpc) is 2.27. The number of anilines is 1. The van der Waals surface area contributed by atoms with Gasteiger partial charge in [-0.25, -0.2) is 0 Å². The summed E-state index contributed by atoms with van der Waals surface area (Å²) in [7, 11) is 1.51. The number of ether oxygens (including phenoxy) is 1. The number of rotatable bonds is 5. The van der Waals surface area contributed by atoms with E-state index in [1.165, 1.54) is 7.11 Å². The number of nitrogens with one attached hydrogen (secondary N) is 1. The molecule has 0 atom stereocenters. The van der Waals surface area contributed by atoms with E-state index in [1.54, 1.807) is 12.1 Å². The second-order valence-corrected chi connectivity index (χ2v) is 4.56. The maximum absolute atomic E-state index is 9.56. The Morgan fingerprint density at radius 3 is 2.56 bits per heavy atom. The molecule has 0 heterocycles. The van der Waals surface area contributed by atoms with Gasteiger partial charge in [-0.15, -0.1) is 0 Å². The van der Waals surface area contributed by atoms with Crippen LogP contribution in [0, 0.1) is 5.41 Å². The van der Waals surface area contributed by atoms with E-state index in [4.69, 9.17) is 9.84 Å². The molecule has 0 unspecified atom stereocenters. The van der Waals surface area contributed by atoms with Crippen molar-refractivity contribution in [3.05, 3.63) is 18.2 Å². The first-order valence-electron chi connectivity index (χ1n) is 5.20. The Balaban J connectivity index is 2.65. The number of hydrogen-bond donors (Lipinski definition) is 3. The van der Waals surface area contributed by atoms with E-state index in [0.29, 0.717) is 12.3 Å². The highest BCUT2D eigenvalue weighted by atomic mass is 16.5. The Bertz CT molecular complexity index is 350. The van der Waals surface area contributed by atoms with Crippen LogP contribution in [0.1, 0.15) is 13.8 Å². The molecule has 0 amide bonds. The molecule has 0 bridgehead atoms. The lowest BCUT2D eigenvalue weighted by Crippen LogP contribution is -2.26. The normalized spacial score (nSPS) is 11.2.